The third kappa shape index (κ3) is 3.33. The number of halogens is 2. The normalized spacial score (nSPS) is 26.4. The number of nitrogens with one attached hydrogen (secondary N) is 1. The lowest BCUT2D eigenvalue weighted by atomic mass is 9.65. The molecule has 19 heavy (non-hydrogen) atoms. The highest BCUT2D eigenvalue weighted by atomic mass is 19.1. The SMILES string of the molecule is CNCC1CCC(C)(C)CC1c1ccc(F)cc1F. The summed E-state index contributed by atoms with van der Waals surface area (Å²) in [6, 6.07) is 4.00. The topological polar surface area (TPSA) is 12.0 Å². The Hall–Kier alpha value is -0.960. The minimum absolute atomic E-state index is 0.178. The maximum absolute atomic E-state index is 14.0. The van der Waals surface area contributed by atoms with Gasteiger partial charge in [-0.2, -0.15) is 0 Å². The minimum Gasteiger partial charge on any atom is -0.319 e. The lowest BCUT2D eigenvalue weighted by molar-refractivity contribution is 0.159. The Morgan fingerprint density at radius 1 is 1.32 bits per heavy atom. The molecule has 1 N–H and O–H groups in total. The molecular weight excluding hydrogens is 244 g/mol. The Morgan fingerprint density at radius 2 is 2.05 bits per heavy atom. The lowest BCUT2D eigenvalue weighted by Crippen LogP contribution is -2.34. The molecule has 0 heterocycles. The highest BCUT2D eigenvalue weighted by molar-refractivity contribution is 5.24. The van der Waals surface area contributed by atoms with E-state index in [1.807, 2.05) is 7.05 Å². The zero-order chi connectivity index (χ0) is 14.0. The van der Waals surface area contributed by atoms with Crippen molar-refractivity contribution < 1.29 is 8.78 Å². The molecule has 2 unspecified atom stereocenters. The van der Waals surface area contributed by atoms with Gasteiger partial charge in [-0.3, -0.25) is 0 Å². The van der Waals surface area contributed by atoms with Crippen molar-refractivity contribution in [3.63, 3.8) is 0 Å². The smallest absolute Gasteiger partial charge is 0.129 e. The van der Waals surface area contributed by atoms with Gasteiger partial charge in [0.1, 0.15) is 11.6 Å². The van der Waals surface area contributed by atoms with Crippen molar-refractivity contribution in [2.75, 3.05) is 13.6 Å². The van der Waals surface area contributed by atoms with Gasteiger partial charge < -0.3 is 5.32 Å². The summed E-state index contributed by atoms with van der Waals surface area (Å²) in [4.78, 5) is 0. The molecule has 3 heteroatoms. The molecule has 0 spiro atoms. The van der Waals surface area contributed by atoms with E-state index in [-0.39, 0.29) is 11.3 Å². The summed E-state index contributed by atoms with van der Waals surface area (Å²) in [5, 5.41) is 3.20. The molecule has 0 radical (unpaired) electrons. The zero-order valence-electron chi connectivity index (χ0n) is 12.0. The van der Waals surface area contributed by atoms with Gasteiger partial charge in [-0.15, -0.1) is 0 Å². The van der Waals surface area contributed by atoms with Crippen molar-refractivity contribution in [1.29, 1.82) is 0 Å². The van der Waals surface area contributed by atoms with Gasteiger partial charge >= 0.3 is 0 Å². The molecule has 0 aliphatic heterocycles. The van der Waals surface area contributed by atoms with E-state index < -0.39 is 11.6 Å². The van der Waals surface area contributed by atoms with Crippen molar-refractivity contribution in [2.45, 2.75) is 39.0 Å². The summed E-state index contributed by atoms with van der Waals surface area (Å²) in [5.41, 5.74) is 0.907. The molecule has 2 atom stereocenters. The first-order chi connectivity index (χ1) is 8.93. The van der Waals surface area contributed by atoms with Gasteiger partial charge in [0.05, 0.1) is 0 Å². The Kier molecular flexibility index (Phi) is 4.24. The van der Waals surface area contributed by atoms with Crippen molar-refractivity contribution in [3.05, 3.63) is 35.4 Å². The van der Waals surface area contributed by atoms with E-state index in [0.717, 1.165) is 25.5 Å². The van der Waals surface area contributed by atoms with Crippen LogP contribution in [0.3, 0.4) is 0 Å². The molecule has 0 aromatic heterocycles. The minimum atomic E-state index is -0.499. The highest BCUT2D eigenvalue weighted by Gasteiger charge is 2.36. The number of rotatable bonds is 3. The van der Waals surface area contributed by atoms with E-state index in [0.29, 0.717) is 11.5 Å². The van der Waals surface area contributed by atoms with E-state index in [1.165, 1.54) is 12.5 Å². The molecule has 1 aliphatic rings. The van der Waals surface area contributed by atoms with E-state index in [4.69, 9.17) is 0 Å². The first kappa shape index (κ1) is 14.4. The van der Waals surface area contributed by atoms with Crippen LogP contribution in [0.25, 0.3) is 0 Å². The van der Waals surface area contributed by atoms with Crippen LogP contribution in [0.2, 0.25) is 0 Å². The van der Waals surface area contributed by atoms with E-state index in [2.05, 4.69) is 19.2 Å². The first-order valence-electron chi connectivity index (χ1n) is 7.02. The maximum atomic E-state index is 14.0. The van der Waals surface area contributed by atoms with Crippen LogP contribution >= 0.6 is 0 Å². The van der Waals surface area contributed by atoms with Crippen molar-refractivity contribution in [2.24, 2.45) is 11.3 Å². The quantitative estimate of drug-likeness (QED) is 0.869. The second kappa shape index (κ2) is 5.58. The maximum Gasteiger partial charge on any atom is 0.129 e. The van der Waals surface area contributed by atoms with E-state index >= 15 is 0 Å². The van der Waals surface area contributed by atoms with Crippen molar-refractivity contribution in [1.82, 2.24) is 5.32 Å². The lowest BCUT2D eigenvalue weighted by Gasteiger charge is -2.41. The van der Waals surface area contributed by atoms with Crippen LogP contribution in [0.15, 0.2) is 18.2 Å². The second-order valence-corrected chi connectivity index (χ2v) is 6.50. The Labute approximate surface area is 114 Å². The molecule has 0 saturated heterocycles. The van der Waals surface area contributed by atoms with E-state index in [9.17, 15) is 8.78 Å². The van der Waals surface area contributed by atoms with Crippen LogP contribution in [0.5, 0.6) is 0 Å². The molecule has 1 aromatic carbocycles. The van der Waals surface area contributed by atoms with Gasteiger partial charge in [0, 0.05) is 6.07 Å². The summed E-state index contributed by atoms with van der Waals surface area (Å²) in [6.45, 7) is 5.35. The molecule has 1 fully saturated rings. The highest BCUT2D eigenvalue weighted by Crippen LogP contribution is 2.47. The summed E-state index contributed by atoms with van der Waals surface area (Å²) in [6.07, 6.45) is 3.22. The van der Waals surface area contributed by atoms with Crippen LogP contribution in [0.4, 0.5) is 8.78 Å². The number of hydrogen-bond acceptors (Lipinski definition) is 1. The van der Waals surface area contributed by atoms with Crippen molar-refractivity contribution in [3.8, 4) is 0 Å². The van der Waals surface area contributed by atoms with Crippen molar-refractivity contribution >= 4 is 0 Å². The Balaban J connectivity index is 2.30. The fraction of sp³-hybridized carbons (Fsp3) is 0.625. The molecule has 0 bridgehead atoms. The van der Waals surface area contributed by atoms with Gasteiger partial charge in [0.2, 0.25) is 0 Å². The fourth-order valence-corrected chi connectivity index (χ4v) is 3.31. The van der Waals surface area contributed by atoms with Gasteiger partial charge in [0.15, 0.2) is 0 Å². The van der Waals surface area contributed by atoms with Crippen LogP contribution in [0, 0.1) is 23.0 Å². The summed E-state index contributed by atoms with van der Waals surface area (Å²) in [7, 11) is 1.93. The number of hydrogen-bond donors (Lipinski definition) is 1. The summed E-state index contributed by atoms with van der Waals surface area (Å²) >= 11 is 0. The third-order valence-corrected chi connectivity index (χ3v) is 4.36. The van der Waals surface area contributed by atoms with Gasteiger partial charge in [-0.1, -0.05) is 19.9 Å². The largest absolute Gasteiger partial charge is 0.319 e. The monoisotopic (exact) mass is 267 g/mol. The third-order valence-electron chi connectivity index (χ3n) is 4.36. The van der Waals surface area contributed by atoms with Crippen LogP contribution in [-0.2, 0) is 0 Å². The van der Waals surface area contributed by atoms with Gasteiger partial charge in [-0.05, 0) is 61.7 Å². The van der Waals surface area contributed by atoms with Gasteiger partial charge in [0.25, 0.3) is 0 Å². The molecule has 1 aliphatic carbocycles. The molecule has 0 amide bonds. The van der Waals surface area contributed by atoms with Crippen LogP contribution in [-0.4, -0.2) is 13.6 Å². The average Bonchev–Trinajstić information content (AvgIpc) is 2.32. The average molecular weight is 267 g/mol. The molecule has 2 rings (SSSR count). The molecule has 1 saturated carbocycles. The molecule has 1 aromatic rings. The Bertz CT molecular complexity index is 442. The predicted octanol–water partition coefficient (Wildman–Crippen LogP) is 4.09. The van der Waals surface area contributed by atoms with Crippen LogP contribution in [0.1, 0.15) is 44.6 Å². The standard InChI is InChI=1S/C16H23F2N/c1-16(2)7-6-11(10-19-3)14(9-16)13-5-4-12(17)8-15(13)18/h4-5,8,11,14,19H,6-7,9-10H2,1-3H3. The molecular formula is C16H23F2N. The summed E-state index contributed by atoms with van der Waals surface area (Å²) < 4.78 is 27.1. The molecule has 106 valence electrons. The zero-order valence-corrected chi connectivity index (χ0v) is 12.0. The van der Waals surface area contributed by atoms with Crippen LogP contribution < -0.4 is 5.32 Å². The first-order valence-corrected chi connectivity index (χ1v) is 7.02. The fourth-order valence-electron chi connectivity index (χ4n) is 3.31. The second-order valence-electron chi connectivity index (χ2n) is 6.50. The van der Waals surface area contributed by atoms with E-state index in [1.54, 1.807) is 6.07 Å². The molecule has 1 nitrogen and oxygen atoms in total. The summed E-state index contributed by atoms with van der Waals surface area (Å²) in [5.74, 6) is -0.292. The Morgan fingerprint density at radius 3 is 2.68 bits per heavy atom. The number of benzene rings is 1. The predicted molar refractivity (Wildman–Crippen MR) is 74.1 cm³/mol. The van der Waals surface area contributed by atoms with Gasteiger partial charge in [-0.25, -0.2) is 8.78 Å².